The van der Waals surface area contributed by atoms with Crippen molar-refractivity contribution in [2.45, 2.75) is 0 Å². The molecular weight excluding hydrogens is 340 g/mol. The number of halogens is 1. The van der Waals surface area contributed by atoms with Crippen molar-refractivity contribution in [3.8, 4) is 0 Å². The number of nitrogens with one attached hydrogen (secondary N) is 2. The lowest BCUT2D eigenvalue weighted by atomic mass is 10.2. The summed E-state index contributed by atoms with van der Waals surface area (Å²) in [6.45, 7) is 0. The number of rotatable bonds is 2. The highest BCUT2D eigenvalue weighted by Crippen LogP contribution is 2.13. The lowest BCUT2D eigenvalue weighted by Gasteiger charge is -2.09. The second-order valence-corrected chi connectivity index (χ2v) is 5.39. The number of carbonyl (C=O) groups excluding carboxylic acids is 1. The summed E-state index contributed by atoms with van der Waals surface area (Å²) in [7, 11) is 0. The topological polar surface area (TPSA) is 94.1 Å². The molecule has 0 bridgehead atoms. The Kier molecular flexibility index (Phi) is 4.09. The van der Waals surface area contributed by atoms with E-state index in [1.54, 1.807) is 24.3 Å². The van der Waals surface area contributed by atoms with Crippen LogP contribution in [0.5, 0.6) is 0 Å². The predicted octanol–water partition coefficient (Wildman–Crippen LogP) is 2.24. The van der Waals surface area contributed by atoms with E-state index in [0.29, 0.717) is 16.3 Å². The second-order valence-electron chi connectivity index (χ2n) is 4.55. The van der Waals surface area contributed by atoms with Crippen molar-refractivity contribution in [2.75, 3.05) is 5.32 Å². The van der Waals surface area contributed by atoms with Crippen molar-refractivity contribution in [2.24, 2.45) is 0 Å². The van der Waals surface area contributed by atoms with Gasteiger partial charge < -0.3 is 10.5 Å². The molecule has 1 aromatic heterocycles. The zero-order valence-corrected chi connectivity index (χ0v) is 13.0. The maximum atomic E-state index is 12.1. The van der Waals surface area contributed by atoms with Gasteiger partial charge in [-0.05, 0) is 53.5 Å². The van der Waals surface area contributed by atoms with E-state index in [1.165, 1.54) is 18.2 Å². The molecule has 0 aliphatic carbocycles. The first-order valence-corrected chi connectivity index (χ1v) is 7.19. The summed E-state index contributed by atoms with van der Waals surface area (Å²) < 4.78 is 4.45. The minimum atomic E-state index is -0.432. The van der Waals surface area contributed by atoms with Gasteiger partial charge >= 0.3 is 0 Å². The van der Waals surface area contributed by atoms with Gasteiger partial charge in [-0.3, -0.25) is 14.7 Å². The van der Waals surface area contributed by atoms with Gasteiger partial charge in [-0.25, -0.2) is 0 Å². The number of hydrogen-bond donors (Lipinski definition) is 2. The van der Waals surface area contributed by atoms with E-state index in [1.807, 2.05) is 0 Å². The highest BCUT2D eigenvalue weighted by Gasteiger charge is 2.14. The van der Waals surface area contributed by atoms with Crippen LogP contribution in [-0.4, -0.2) is 16.2 Å². The first kappa shape index (κ1) is 15.2. The van der Waals surface area contributed by atoms with Gasteiger partial charge in [0.05, 0.1) is 0 Å². The van der Waals surface area contributed by atoms with Crippen molar-refractivity contribution in [1.29, 1.82) is 0 Å². The summed E-state index contributed by atoms with van der Waals surface area (Å²) >= 11 is 10.9. The standard InChI is InChI=1S/C14H9ClN4O3S/c15-9-2-4-10(5-3-9)16-14(23)17-13(20)8-1-6-12-11(7-8)18-22-19(12)21/h1-7H,(H2,16,17,20,23). The Balaban J connectivity index is 1.69. The van der Waals surface area contributed by atoms with E-state index in [2.05, 4.69) is 20.4 Å². The van der Waals surface area contributed by atoms with Gasteiger partial charge in [0.25, 0.3) is 5.91 Å². The molecule has 0 unspecified atom stereocenters. The zero-order valence-electron chi connectivity index (χ0n) is 11.4. The number of benzene rings is 2. The fourth-order valence-electron chi connectivity index (χ4n) is 1.89. The summed E-state index contributed by atoms with van der Waals surface area (Å²) in [6.07, 6.45) is 0. The molecule has 116 valence electrons. The van der Waals surface area contributed by atoms with Gasteiger partial charge in [0.1, 0.15) is 0 Å². The fourth-order valence-corrected chi connectivity index (χ4v) is 2.22. The number of anilines is 1. The molecule has 23 heavy (non-hydrogen) atoms. The van der Waals surface area contributed by atoms with Crippen LogP contribution in [-0.2, 0) is 0 Å². The van der Waals surface area contributed by atoms with Gasteiger partial charge in [0.2, 0.25) is 11.0 Å². The molecule has 2 N–H and O–H groups in total. The summed E-state index contributed by atoms with van der Waals surface area (Å²) in [6, 6.07) is 11.2. The second kappa shape index (κ2) is 6.19. The van der Waals surface area contributed by atoms with Crippen molar-refractivity contribution < 1.29 is 14.3 Å². The molecule has 2 aromatic carbocycles. The number of carbonyl (C=O) groups is 1. The number of nitrogens with zero attached hydrogens (tertiary/aromatic N) is 2. The van der Waals surface area contributed by atoms with Crippen LogP contribution in [0.3, 0.4) is 0 Å². The monoisotopic (exact) mass is 348 g/mol. The molecule has 0 atom stereocenters. The van der Waals surface area contributed by atoms with E-state index >= 15 is 0 Å². The number of aromatic nitrogens is 2. The molecule has 9 heteroatoms. The summed E-state index contributed by atoms with van der Waals surface area (Å²) in [4.78, 5) is 12.4. The Hall–Kier alpha value is -2.71. The number of hydrogen-bond acceptors (Lipinski definition) is 5. The van der Waals surface area contributed by atoms with Crippen LogP contribution in [0, 0.1) is 5.21 Å². The third-order valence-corrected chi connectivity index (χ3v) is 3.43. The third kappa shape index (κ3) is 3.38. The molecule has 0 radical (unpaired) electrons. The van der Waals surface area contributed by atoms with Crippen molar-refractivity contribution in [1.82, 2.24) is 10.5 Å². The molecule has 7 nitrogen and oxygen atoms in total. The highest BCUT2D eigenvalue weighted by molar-refractivity contribution is 7.80. The quantitative estimate of drug-likeness (QED) is 0.545. The van der Waals surface area contributed by atoms with Gasteiger partial charge in [-0.15, -0.1) is 0 Å². The Labute approximate surface area is 140 Å². The molecule has 0 spiro atoms. The molecule has 0 aliphatic heterocycles. The van der Waals surface area contributed by atoms with Crippen LogP contribution in [0.15, 0.2) is 47.1 Å². The summed E-state index contributed by atoms with van der Waals surface area (Å²) in [5, 5.41) is 20.9. The number of fused-ring (bicyclic) bond motifs is 1. The molecule has 1 heterocycles. The predicted molar refractivity (Wildman–Crippen MR) is 88.1 cm³/mol. The summed E-state index contributed by atoms with van der Waals surface area (Å²) in [5.41, 5.74) is 1.51. The average molecular weight is 349 g/mol. The molecule has 3 rings (SSSR count). The van der Waals surface area contributed by atoms with Crippen molar-refractivity contribution >= 4 is 51.6 Å². The Bertz CT molecular complexity index is 895. The van der Waals surface area contributed by atoms with Crippen LogP contribution in [0.2, 0.25) is 5.02 Å². The van der Waals surface area contributed by atoms with E-state index in [9.17, 15) is 10.0 Å². The Morgan fingerprint density at radius 1 is 1.26 bits per heavy atom. The lowest BCUT2D eigenvalue weighted by molar-refractivity contribution is -0.782. The Morgan fingerprint density at radius 2 is 2.00 bits per heavy atom. The molecule has 0 fully saturated rings. The van der Waals surface area contributed by atoms with Crippen LogP contribution in [0.1, 0.15) is 10.4 Å². The molecule has 1 amide bonds. The van der Waals surface area contributed by atoms with Gasteiger partial charge in [-0.1, -0.05) is 11.6 Å². The van der Waals surface area contributed by atoms with Gasteiger partial charge in [0.15, 0.2) is 5.11 Å². The van der Waals surface area contributed by atoms with Crippen LogP contribution in [0.25, 0.3) is 11.0 Å². The Morgan fingerprint density at radius 3 is 2.74 bits per heavy atom. The van der Waals surface area contributed by atoms with E-state index < -0.39 is 5.91 Å². The first-order valence-electron chi connectivity index (χ1n) is 6.40. The minimum absolute atomic E-state index is 0.136. The number of thiocarbonyl (C=S) groups is 1. The lowest BCUT2D eigenvalue weighted by Crippen LogP contribution is -2.34. The third-order valence-electron chi connectivity index (χ3n) is 2.98. The van der Waals surface area contributed by atoms with Gasteiger partial charge in [-0.2, -0.15) is 0 Å². The zero-order chi connectivity index (χ0) is 16.4. The average Bonchev–Trinajstić information content (AvgIpc) is 2.90. The maximum absolute atomic E-state index is 12.1. The van der Waals surface area contributed by atoms with E-state index in [4.69, 9.17) is 23.8 Å². The SMILES string of the molecule is O=C(NC(=S)Nc1ccc(Cl)cc1)c1ccc2c(c1)no[n+]2[O-]. The molecule has 0 saturated heterocycles. The minimum Gasteiger partial charge on any atom is -0.359 e. The highest BCUT2D eigenvalue weighted by atomic mass is 35.5. The van der Waals surface area contributed by atoms with Crippen LogP contribution in [0.4, 0.5) is 5.69 Å². The normalized spacial score (nSPS) is 10.5. The van der Waals surface area contributed by atoms with E-state index in [0.717, 1.165) is 0 Å². The molecular formula is C14H9ClN4O3S. The van der Waals surface area contributed by atoms with Crippen LogP contribution >= 0.6 is 23.8 Å². The molecule has 3 aromatic rings. The number of amides is 1. The van der Waals surface area contributed by atoms with Gasteiger partial charge in [0, 0.05) is 27.5 Å². The summed E-state index contributed by atoms with van der Waals surface area (Å²) in [5.74, 6) is -0.432. The largest absolute Gasteiger partial charge is 0.359 e. The smallest absolute Gasteiger partial charge is 0.257 e. The molecule has 0 saturated carbocycles. The van der Waals surface area contributed by atoms with Crippen LogP contribution < -0.4 is 15.5 Å². The van der Waals surface area contributed by atoms with Crippen molar-refractivity contribution in [3.63, 3.8) is 0 Å². The fraction of sp³-hybridized carbons (Fsp3) is 0. The maximum Gasteiger partial charge on any atom is 0.257 e. The van der Waals surface area contributed by atoms with Crippen molar-refractivity contribution in [3.05, 3.63) is 58.3 Å². The molecule has 0 aliphatic rings. The van der Waals surface area contributed by atoms with E-state index in [-0.39, 0.29) is 21.0 Å². The first-order chi connectivity index (χ1) is 11.0.